The maximum absolute atomic E-state index is 13.5. The number of likely N-dealkylation sites (tertiary alicyclic amines) is 1. The maximum atomic E-state index is 13.5. The van der Waals surface area contributed by atoms with Crippen LogP contribution in [0.5, 0.6) is 5.75 Å². The summed E-state index contributed by atoms with van der Waals surface area (Å²) in [5, 5.41) is 0.519. The van der Waals surface area contributed by atoms with Gasteiger partial charge in [0, 0.05) is 29.7 Å². The van der Waals surface area contributed by atoms with Gasteiger partial charge in [-0.1, -0.05) is 49.6 Å². The second kappa shape index (κ2) is 14.3. The summed E-state index contributed by atoms with van der Waals surface area (Å²) in [6.07, 6.45) is 6.57. The van der Waals surface area contributed by atoms with Gasteiger partial charge >= 0.3 is 0 Å². The van der Waals surface area contributed by atoms with Gasteiger partial charge in [0.15, 0.2) is 0 Å². The van der Waals surface area contributed by atoms with Crippen molar-refractivity contribution in [3.8, 4) is 5.75 Å². The summed E-state index contributed by atoms with van der Waals surface area (Å²) in [6, 6.07) is 14.0. The summed E-state index contributed by atoms with van der Waals surface area (Å²) in [6.45, 7) is 8.36. The van der Waals surface area contributed by atoms with E-state index < -0.39 is 10.0 Å². The lowest BCUT2D eigenvalue weighted by molar-refractivity contribution is 0.204. The van der Waals surface area contributed by atoms with E-state index in [0.717, 1.165) is 37.1 Å². The van der Waals surface area contributed by atoms with Crippen LogP contribution in [0.15, 0.2) is 53.4 Å². The van der Waals surface area contributed by atoms with Crippen molar-refractivity contribution in [1.82, 2.24) is 9.21 Å². The van der Waals surface area contributed by atoms with Gasteiger partial charge in [0.2, 0.25) is 10.0 Å². The molecule has 2 aromatic rings. The van der Waals surface area contributed by atoms with E-state index in [0.29, 0.717) is 11.6 Å². The molecule has 0 unspecified atom stereocenters. The molecule has 34 heavy (non-hydrogen) atoms. The quantitative estimate of drug-likeness (QED) is 0.299. The minimum Gasteiger partial charge on any atom is -0.493 e. The van der Waals surface area contributed by atoms with Crippen molar-refractivity contribution < 1.29 is 13.2 Å². The molecule has 1 fully saturated rings. The Labute approximate surface area is 216 Å². The molecule has 1 aliphatic heterocycles. The van der Waals surface area contributed by atoms with Crippen LogP contribution in [0, 0.1) is 0 Å². The number of nitrogens with zero attached hydrogens (tertiary/aromatic N) is 2. The fourth-order valence-corrected chi connectivity index (χ4v) is 6.14. The van der Waals surface area contributed by atoms with Crippen LogP contribution in [-0.2, 0) is 16.6 Å². The zero-order valence-corrected chi connectivity index (χ0v) is 22.7. The molecule has 0 amide bonds. The molecule has 1 atom stereocenters. The van der Waals surface area contributed by atoms with Crippen molar-refractivity contribution >= 4 is 34.0 Å². The molecular formula is C26H38Cl2N2O3S. The van der Waals surface area contributed by atoms with Gasteiger partial charge in [-0.2, -0.15) is 4.31 Å². The van der Waals surface area contributed by atoms with Gasteiger partial charge in [-0.05, 0) is 76.0 Å². The van der Waals surface area contributed by atoms with Crippen LogP contribution < -0.4 is 4.74 Å². The first kappa shape index (κ1) is 28.9. The summed E-state index contributed by atoms with van der Waals surface area (Å²) in [7, 11) is -3.68. The van der Waals surface area contributed by atoms with Crippen LogP contribution in [-0.4, -0.2) is 49.9 Å². The van der Waals surface area contributed by atoms with Crippen LogP contribution in [0.1, 0.15) is 57.9 Å². The largest absolute Gasteiger partial charge is 0.493 e. The molecule has 0 N–H and O–H groups in total. The van der Waals surface area contributed by atoms with Crippen molar-refractivity contribution in [1.29, 1.82) is 0 Å². The second-order valence-corrected chi connectivity index (χ2v) is 11.2. The Morgan fingerprint density at radius 1 is 1.06 bits per heavy atom. The van der Waals surface area contributed by atoms with Gasteiger partial charge in [-0.25, -0.2) is 8.42 Å². The van der Waals surface area contributed by atoms with E-state index in [4.69, 9.17) is 16.3 Å². The van der Waals surface area contributed by atoms with Crippen LogP contribution >= 0.6 is 24.0 Å². The SMILES string of the molecule is CCC[C@@H](C)N(Cc1ccccc1OCCCN1CCCCC1)S(=O)(=O)c1ccc(Cl)cc1.Cl. The molecule has 1 aliphatic rings. The number of benzene rings is 2. The molecule has 0 radical (unpaired) electrons. The van der Waals surface area contributed by atoms with E-state index in [9.17, 15) is 8.42 Å². The van der Waals surface area contributed by atoms with Crippen molar-refractivity contribution in [2.24, 2.45) is 0 Å². The lowest BCUT2D eigenvalue weighted by Crippen LogP contribution is -2.38. The first-order valence-electron chi connectivity index (χ1n) is 12.1. The molecule has 3 rings (SSSR count). The summed E-state index contributed by atoms with van der Waals surface area (Å²) < 4.78 is 34.8. The molecule has 5 nitrogen and oxygen atoms in total. The predicted octanol–water partition coefficient (Wildman–Crippen LogP) is 6.40. The van der Waals surface area contributed by atoms with Crippen molar-refractivity contribution in [3.05, 3.63) is 59.1 Å². The average Bonchev–Trinajstić information content (AvgIpc) is 2.82. The molecule has 1 heterocycles. The highest BCUT2D eigenvalue weighted by atomic mass is 35.5. The smallest absolute Gasteiger partial charge is 0.243 e. The highest BCUT2D eigenvalue weighted by Gasteiger charge is 2.29. The van der Waals surface area contributed by atoms with Crippen LogP contribution in [0.3, 0.4) is 0 Å². The number of rotatable bonds is 12. The second-order valence-electron chi connectivity index (χ2n) is 8.85. The lowest BCUT2D eigenvalue weighted by Gasteiger charge is -2.29. The summed E-state index contributed by atoms with van der Waals surface area (Å²) in [5.74, 6) is 0.760. The van der Waals surface area contributed by atoms with E-state index in [-0.39, 0.29) is 29.9 Å². The van der Waals surface area contributed by atoms with E-state index in [1.165, 1.54) is 32.4 Å². The van der Waals surface area contributed by atoms with Gasteiger partial charge in [-0.15, -0.1) is 12.4 Å². The van der Waals surface area contributed by atoms with Crippen molar-refractivity contribution in [3.63, 3.8) is 0 Å². The Morgan fingerprint density at radius 2 is 1.74 bits per heavy atom. The number of sulfonamides is 1. The highest BCUT2D eigenvalue weighted by molar-refractivity contribution is 7.89. The van der Waals surface area contributed by atoms with Crippen LogP contribution in [0.2, 0.25) is 5.02 Å². The Kier molecular flexibility index (Phi) is 12.2. The number of para-hydroxylation sites is 1. The number of halogens is 2. The van der Waals surface area contributed by atoms with Crippen molar-refractivity contribution in [2.75, 3.05) is 26.2 Å². The Balaban J connectivity index is 0.00000408. The molecule has 0 aromatic heterocycles. The molecule has 1 saturated heterocycles. The van der Waals surface area contributed by atoms with Crippen molar-refractivity contribution in [2.45, 2.75) is 69.9 Å². The van der Waals surface area contributed by atoms with Crippen LogP contribution in [0.25, 0.3) is 0 Å². The average molecular weight is 530 g/mol. The number of piperidine rings is 1. The van der Waals surface area contributed by atoms with E-state index in [1.807, 2.05) is 31.2 Å². The third kappa shape index (κ3) is 8.13. The first-order chi connectivity index (χ1) is 15.9. The minimum absolute atomic E-state index is 0. The Morgan fingerprint density at radius 3 is 2.41 bits per heavy atom. The fourth-order valence-electron chi connectivity index (χ4n) is 4.38. The zero-order chi connectivity index (χ0) is 23.7. The molecule has 0 saturated carbocycles. The Bertz CT molecular complexity index is 964. The standard InChI is InChI=1S/C26H37ClN2O3S.ClH/c1-3-10-22(2)29(33(30,31)25-15-13-24(27)14-16-25)21-23-11-5-6-12-26(23)32-20-9-19-28-17-7-4-8-18-28;/h5-6,11-16,22H,3-4,7-10,17-21H2,1-2H3;1H/t22-;/m1./s1. The fraction of sp³-hybridized carbons (Fsp3) is 0.538. The van der Waals surface area contributed by atoms with Gasteiger partial charge in [0.25, 0.3) is 0 Å². The summed E-state index contributed by atoms with van der Waals surface area (Å²) in [4.78, 5) is 2.76. The molecule has 0 bridgehead atoms. The number of ether oxygens (including phenoxy) is 1. The summed E-state index contributed by atoms with van der Waals surface area (Å²) >= 11 is 5.99. The van der Waals surface area contributed by atoms with E-state index >= 15 is 0 Å². The lowest BCUT2D eigenvalue weighted by atomic mass is 10.1. The topological polar surface area (TPSA) is 49.9 Å². The predicted molar refractivity (Wildman–Crippen MR) is 143 cm³/mol. The molecule has 2 aromatic carbocycles. The normalized spacial score (nSPS) is 15.6. The third-order valence-corrected chi connectivity index (χ3v) is 8.47. The Hall–Kier alpha value is -1.31. The molecule has 0 spiro atoms. The molecule has 0 aliphatic carbocycles. The highest BCUT2D eigenvalue weighted by Crippen LogP contribution is 2.28. The van der Waals surface area contributed by atoms with Gasteiger partial charge in [0.1, 0.15) is 5.75 Å². The molecular weight excluding hydrogens is 491 g/mol. The zero-order valence-electron chi connectivity index (χ0n) is 20.3. The van der Waals surface area contributed by atoms with Gasteiger partial charge < -0.3 is 9.64 Å². The van der Waals surface area contributed by atoms with Gasteiger partial charge in [0.05, 0.1) is 11.5 Å². The van der Waals surface area contributed by atoms with Crippen LogP contribution in [0.4, 0.5) is 0 Å². The molecule has 190 valence electrons. The number of hydrogen-bond acceptors (Lipinski definition) is 4. The van der Waals surface area contributed by atoms with E-state index in [2.05, 4.69) is 11.8 Å². The minimum atomic E-state index is -3.68. The van der Waals surface area contributed by atoms with Gasteiger partial charge in [-0.3, -0.25) is 0 Å². The third-order valence-electron chi connectivity index (χ3n) is 6.24. The molecule has 8 heteroatoms. The summed E-state index contributed by atoms with van der Waals surface area (Å²) in [5.41, 5.74) is 0.885. The first-order valence-corrected chi connectivity index (χ1v) is 13.9. The van der Waals surface area contributed by atoms with E-state index in [1.54, 1.807) is 28.6 Å². The number of hydrogen-bond donors (Lipinski definition) is 0. The monoisotopic (exact) mass is 528 g/mol. The maximum Gasteiger partial charge on any atom is 0.243 e.